The van der Waals surface area contributed by atoms with Gasteiger partial charge in [0.15, 0.2) is 5.96 Å². The van der Waals surface area contributed by atoms with Gasteiger partial charge < -0.3 is 59.5 Å². The maximum Gasteiger partial charge on any atom is 0.326 e. The van der Waals surface area contributed by atoms with Crippen LogP contribution >= 0.6 is 0 Å². The van der Waals surface area contributed by atoms with E-state index in [0.29, 0.717) is 19.3 Å². The minimum Gasteiger partial charge on any atom is -0.481 e. The number of carbonyl (C=O) groups is 7. The fourth-order valence-corrected chi connectivity index (χ4v) is 3.99. The van der Waals surface area contributed by atoms with Crippen LogP contribution < -0.4 is 44.2 Å². The van der Waals surface area contributed by atoms with Gasteiger partial charge in [0.05, 0.1) is 12.5 Å². The van der Waals surface area contributed by atoms with E-state index in [1.54, 1.807) is 6.92 Å². The minimum atomic E-state index is -1.47. The number of hydrogen-bond acceptors (Lipinski definition) is 10. The van der Waals surface area contributed by atoms with Crippen molar-refractivity contribution >= 4 is 47.5 Å². The molecule has 0 aromatic rings. The van der Waals surface area contributed by atoms with Crippen molar-refractivity contribution in [1.29, 1.82) is 0 Å². The summed E-state index contributed by atoms with van der Waals surface area (Å²) in [6, 6.07) is -6.77. The summed E-state index contributed by atoms with van der Waals surface area (Å²) in [5.41, 5.74) is 21.6. The summed E-state index contributed by atoms with van der Waals surface area (Å²) in [7, 11) is 0. The fraction of sp³-hybridized carbons (Fsp3) is 0.692. The summed E-state index contributed by atoms with van der Waals surface area (Å²) in [5, 5.41) is 37.2. The average Bonchev–Trinajstić information content (AvgIpc) is 2.94. The SMILES string of the molecule is CCC[C@H](NC(=O)[C@H](CCC(=O)O)NC(=O)[C@H](CCCCN)NC(=O)[C@@H](N)CC(=O)O)C(=O)N[C@@H](CCCN=C(N)N)C(=O)O. The van der Waals surface area contributed by atoms with Gasteiger partial charge in [-0.2, -0.15) is 0 Å². The molecule has 19 heteroatoms. The highest BCUT2D eigenvalue weighted by atomic mass is 16.4. The summed E-state index contributed by atoms with van der Waals surface area (Å²) in [4.78, 5) is 89.6. The number of carboxylic acids is 3. The van der Waals surface area contributed by atoms with Gasteiger partial charge in [0.1, 0.15) is 24.2 Å². The van der Waals surface area contributed by atoms with E-state index in [9.17, 15) is 43.8 Å². The third kappa shape index (κ3) is 18.0. The second kappa shape index (κ2) is 22.1. The highest BCUT2D eigenvalue weighted by Crippen LogP contribution is 2.08. The predicted octanol–water partition coefficient (Wildman–Crippen LogP) is -3.34. The maximum absolute atomic E-state index is 13.3. The normalized spacial score (nSPS) is 14.0. The summed E-state index contributed by atoms with van der Waals surface area (Å²) in [6.07, 6.45) is -0.0772. The average molecular weight is 646 g/mol. The van der Waals surface area contributed by atoms with Gasteiger partial charge in [0, 0.05) is 13.0 Å². The van der Waals surface area contributed by atoms with Gasteiger partial charge >= 0.3 is 17.9 Å². The van der Waals surface area contributed by atoms with Crippen LogP contribution in [-0.2, 0) is 33.6 Å². The molecule has 15 N–H and O–H groups in total. The van der Waals surface area contributed by atoms with Gasteiger partial charge in [-0.15, -0.1) is 0 Å². The van der Waals surface area contributed by atoms with Gasteiger partial charge in [-0.05, 0) is 51.5 Å². The molecule has 0 fully saturated rings. The molecule has 0 saturated carbocycles. The summed E-state index contributed by atoms with van der Waals surface area (Å²) in [5.74, 6) is -7.66. The topological polar surface area (TPSA) is 345 Å². The molecule has 0 radical (unpaired) electrons. The Morgan fingerprint density at radius 2 is 1.16 bits per heavy atom. The van der Waals surface area contributed by atoms with E-state index < -0.39 is 91.0 Å². The molecule has 5 atom stereocenters. The number of carbonyl (C=O) groups excluding carboxylic acids is 4. The number of amides is 4. The maximum atomic E-state index is 13.3. The summed E-state index contributed by atoms with van der Waals surface area (Å²) >= 11 is 0. The lowest BCUT2D eigenvalue weighted by Crippen LogP contribution is -2.58. The number of nitrogens with one attached hydrogen (secondary N) is 4. The van der Waals surface area contributed by atoms with Crippen LogP contribution in [0.4, 0.5) is 0 Å². The quantitative estimate of drug-likeness (QED) is 0.0278. The van der Waals surface area contributed by atoms with Gasteiger partial charge in [0.2, 0.25) is 23.6 Å². The Balaban J connectivity index is 5.83. The largest absolute Gasteiger partial charge is 0.481 e. The first-order valence-corrected chi connectivity index (χ1v) is 14.5. The molecular formula is C26H47N9O10. The van der Waals surface area contributed by atoms with Crippen molar-refractivity contribution in [3.63, 3.8) is 0 Å². The van der Waals surface area contributed by atoms with Crippen molar-refractivity contribution in [3.05, 3.63) is 0 Å². The van der Waals surface area contributed by atoms with Crippen molar-refractivity contribution in [3.8, 4) is 0 Å². The highest BCUT2D eigenvalue weighted by molar-refractivity contribution is 5.96. The predicted molar refractivity (Wildman–Crippen MR) is 160 cm³/mol. The molecule has 0 bridgehead atoms. The molecule has 45 heavy (non-hydrogen) atoms. The number of guanidine groups is 1. The van der Waals surface area contributed by atoms with Crippen molar-refractivity contribution in [2.45, 2.75) is 101 Å². The second-order valence-electron chi connectivity index (χ2n) is 10.2. The number of unbranched alkanes of at least 4 members (excludes halogenated alkanes) is 1. The van der Waals surface area contributed by atoms with Crippen LogP contribution in [0.2, 0.25) is 0 Å². The van der Waals surface area contributed by atoms with E-state index in [-0.39, 0.29) is 44.7 Å². The zero-order valence-electron chi connectivity index (χ0n) is 25.3. The van der Waals surface area contributed by atoms with Crippen LogP contribution in [0.3, 0.4) is 0 Å². The zero-order valence-corrected chi connectivity index (χ0v) is 25.3. The van der Waals surface area contributed by atoms with Crippen molar-refractivity contribution < 1.29 is 48.9 Å². The van der Waals surface area contributed by atoms with E-state index in [0.717, 1.165) is 0 Å². The Hall–Kier alpha value is -4.52. The van der Waals surface area contributed by atoms with Crippen LogP contribution in [0, 0.1) is 0 Å². The number of nitrogens with two attached hydrogens (primary N) is 4. The molecule has 0 unspecified atom stereocenters. The Morgan fingerprint density at radius 1 is 0.667 bits per heavy atom. The Morgan fingerprint density at radius 3 is 1.62 bits per heavy atom. The number of hydrogen-bond donors (Lipinski definition) is 11. The molecule has 0 rings (SSSR count). The first-order chi connectivity index (χ1) is 21.1. The van der Waals surface area contributed by atoms with Gasteiger partial charge in [0.25, 0.3) is 0 Å². The van der Waals surface area contributed by atoms with Crippen LogP contribution in [0.1, 0.15) is 71.1 Å². The monoisotopic (exact) mass is 645 g/mol. The van der Waals surface area contributed by atoms with E-state index in [1.807, 2.05) is 0 Å². The lowest BCUT2D eigenvalue weighted by molar-refractivity contribution is -0.142. The molecule has 0 aromatic carbocycles. The van der Waals surface area contributed by atoms with Crippen molar-refractivity contribution in [1.82, 2.24) is 21.3 Å². The fourth-order valence-electron chi connectivity index (χ4n) is 3.99. The Bertz CT molecular complexity index is 1050. The molecular weight excluding hydrogens is 598 g/mol. The van der Waals surface area contributed by atoms with Crippen LogP contribution in [0.25, 0.3) is 0 Å². The molecule has 0 aromatic heterocycles. The molecule has 0 aliphatic rings. The molecule has 256 valence electrons. The lowest BCUT2D eigenvalue weighted by atomic mass is 10.0. The van der Waals surface area contributed by atoms with E-state index >= 15 is 0 Å². The number of rotatable bonds is 24. The summed E-state index contributed by atoms with van der Waals surface area (Å²) in [6.45, 7) is 2.12. The molecule has 0 heterocycles. The van der Waals surface area contributed by atoms with Crippen LogP contribution in [0.5, 0.6) is 0 Å². The van der Waals surface area contributed by atoms with Gasteiger partial charge in [-0.25, -0.2) is 4.79 Å². The molecule has 0 spiro atoms. The van der Waals surface area contributed by atoms with Crippen molar-refractivity contribution in [2.75, 3.05) is 13.1 Å². The number of aliphatic imine (C=N–C) groups is 1. The Labute approximate surface area is 260 Å². The third-order valence-corrected chi connectivity index (χ3v) is 6.36. The van der Waals surface area contributed by atoms with Crippen LogP contribution in [0.15, 0.2) is 4.99 Å². The van der Waals surface area contributed by atoms with Crippen LogP contribution in [-0.4, -0.2) is 106 Å². The molecule has 0 aliphatic carbocycles. The van der Waals surface area contributed by atoms with Crippen molar-refractivity contribution in [2.24, 2.45) is 27.9 Å². The first-order valence-electron chi connectivity index (χ1n) is 14.5. The Kier molecular flexibility index (Phi) is 19.8. The summed E-state index contributed by atoms with van der Waals surface area (Å²) < 4.78 is 0. The molecule has 4 amide bonds. The molecule has 0 saturated heterocycles. The third-order valence-electron chi connectivity index (χ3n) is 6.36. The van der Waals surface area contributed by atoms with E-state index in [4.69, 9.17) is 28.0 Å². The van der Waals surface area contributed by atoms with E-state index in [2.05, 4.69) is 26.3 Å². The second-order valence-corrected chi connectivity index (χ2v) is 10.2. The first kappa shape index (κ1) is 40.5. The van der Waals surface area contributed by atoms with Gasteiger partial charge in [-0.3, -0.25) is 33.8 Å². The number of aliphatic carboxylic acids is 3. The van der Waals surface area contributed by atoms with Gasteiger partial charge in [-0.1, -0.05) is 13.3 Å². The molecule has 0 aliphatic heterocycles. The smallest absolute Gasteiger partial charge is 0.326 e. The zero-order chi connectivity index (χ0) is 34.5. The standard InChI is InChI=1S/C26H47N9O10/c1-2-6-15(22(41)35-18(25(44)45)8-5-12-31-26(29)30)33-24(43)17(9-10-19(36)37)34-23(42)16(7-3-4-11-27)32-21(40)14(28)13-20(38)39/h14-18H,2-13,27-28H2,1H3,(H,32,40)(H,33,43)(H,34,42)(H,35,41)(H,36,37)(H,38,39)(H,44,45)(H4,29,30,31)/t14-,15-,16-,17-,18-/m0/s1. The van der Waals surface area contributed by atoms with E-state index in [1.165, 1.54) is 0 Å². The minimum absolute atomic E-state index is 0.0185. The number of carboxylic acid groups (broad SMARTS) is 3. The highest BCUT2D eigenvalue weighted by Gasteiger charge is 2.32. The molecule has 19 nitrogen and oxygen atoms in total. The number of nitrogens with zero attached hydrogens (tertiary/aromatic N) is 1. The lowest BCUT2D eigenvalue weighted by Gasteiger charge is -2.26.